The fourth-order valence-electron chi connectivity index (χ4n) is 3.17. The number of aromatic nitrogens is 3. The number of nitrogens with zero attached hydrogens (tertiary/aromatic N) is 7. The summed E-state index contributed by atoms with van der Waals surface area (Å²) in [6.07, 6.45) is 1.18. The quantitative estimate of drug-likeness (QED) is 0.207. The molecule has 0 amide bonds. The number of nitrogens with one attached hydrogen (secondary N) is 2. The van der Waals surface area contributed by atoms with E-state index < -0.39 is 9.85 Å². The minimum absolute atomic E-state index is 0.0275. The van der Waals surface area contributed by atoms with Crippen molar-refractivity contribution >= 4 is 57.1 Å². The summed E-state index contributed by atoms with van der Waals surface area (Å²) in [4.78, 5) is 36.0. The van der Waals surface area contributed by atoms with Crippen LogP contribution in [0, 0.1) is 20.2 Å². The van der Waals surface area contributed by atoms with Gasteiger partial charge in [0.1, 0.15) is 5.75 Å². The van der Waals surface area contributed by atoms with Crippen LogP contribution in [-0.2, 0) is 4.74 Å². The molecule has 0 unspecified atom stereocenters. The number of ether oxygens (including phenoxy) is 1. The average Bonchev–Trinajstić information content (AvgIpc) is 2.87. The number of aromatic hydroxyl groups is 1. The van der Waals surface area contributed by atoms with Crippen molar-refractivity contribution in [2.24, 2.45) is 5.10 Å². The molecule has 186 valence electrons. The van der Waals surface area contributed by atoms with E-state index in [1.165, 1.54) is 30.5 Å². The number of nitro groups is 2. The largest absolute Gasteiger partial charge is 0.506 e. The molecule has 1 aliphatic heterocycles. The third kappa shape index (κ3) is 5.97. The maximum Gasteiger partial charge on any atom is 0.271 e. The van der Waals surface area contributed by atoms with Gasteiger partial charge in [0, 0.05) is 48.6 Å². The van der Waals surface area contributed by atoms with Crippen LogP contribution in [0.4, 0.5) is 34.9 Å². The molecule has 1 saturated heterocycles. The number of halogens is 1. The van der Waals surface area contributed by atoms with Gasteiger partial charge >= 0.3 is 0 Å². The SMILES string of the molecule is O=[N+]([O-])c1cccc(Nc2nc(N/N=C/c3cc([N+](=O)[O-])cc(Br)c3O)nc(N3CCOCC3)n2)c1. The van der Waals surface area contributed by atoms with Gasteiger partial charge in [-0.05, 0) is 22.0 Å². The Morgan fingerprint density at radius 1 is 1.06 bits per heavy atom. The zero-order valence-corrected chi connectivity index (χ0v) is 20.0. The molecule has 0 saturated carbocycles. The number of phenols is 1. The molecule has 3 N–H and O–H groups in total. The molecular formula is C20H18BrN9O6. The monoisotopic (exact) mass is 559 g/mol. The van der Waals surface area contributed by atoms with Crippen LogP contribution in [0.25, 0.3) is 0 Å². The predicted molar refractivity (Wildman–Crippen MR) is 133 cm³/mol. The van der Waals surface area contributed by atoms with Crippen LogP contribution in [0.2, 0.25) is 0 Å². The van der Waals surface area contributed by atoms with Crippen LogP contribution in [0.15, 0.2) is 46.0 Å². The second-order valence-electron chi connectivity index (χ2n) is 7.31. The first kappa shape index (κ1) is 24.7. The predicted octanol–water partition coefficient (Wildman–Crippen LogP) is 3.18. The van der Waals surface area contributed by atoms with E-state index in [1.807, 2.05) is 4.90 Å². The number of morpholine rings is 1. The highest BCUT2D eigenvalue weighted by Gasteiger charge is 2.18. The summed E-state index contributed by atoms with van der Waals surface area (Å²) in [6, 6.07) is 8.18. The Labute approximate surface area is 211 Å². The zero-order chi connectivity index (χ0) is 25.7. The van der Waals surface area contributed by atoms with E-state index in [9.17, 15) is 25.3 Å². The fraction of sp³-hybridized carbons (Fsp3) is 0.200. The number of hydrogen-bond acceptors (Lipinski definition) is 13. The Hall–Kier alpha value is -4.44. The normalized spacial score (nSPS) is 13.5. The van der Waals surface area contributed by atoms with Crippen molar-refractivity contribution in [3.63, 3.8) is 0 Å². The first-order valence-electron chi connectivity index (χ1n) is 10.4. The van der Waals surface area contributed by atoms with Gasteiger partial charge in [-0.2, -0.15) is 20.1 Å². The Balaban J connectivity index is 1.62. The van der Waals surface area contributed by atoms with Gasteiger partial charge in [-0.3, -0.25) is 20.2 Å². The van der Waals surface area contributed by atoms with Crippen LogP contribution in [0.3, 0.4) is 0 Å². The van der Waals surface area contributed by atoms with Gasteiger partial charge in [0.25, 0.3) is 11.4 Å². The van der Waals surface area contributed by atoms with E-state index in [0.717, 1.165) is 6.07 Å². The molecule has 1 fully saturated rings. The minimum atomic E-state index is -0.596. The second-order valence-corrected chi connectivity index (χ2v) is 8.16. The number of hydrogen-bond donors (Lipinski definition) is 3. The molecule has 1 aromatic heterocycles. The molecule has 4 rings (SSSR count). The van der Waals surface area contributed by atoms with E-state index in [1.54, 1.807) is 6.07 Å². The molecule has 2 aromatic carbocycles. The maximum absolute atomic E-state index is 11.1. The summed E-state index contributed by atoms with van der Waals surface area (Å²) in [7, 11) is 0. The third-order valence-corrected chi connectivity index (χ3v) is 5.49. The summed E-state index contributed by atoms with van der Waals surface area (Å²) >= 11 is 3.08. The van der Waals surface area contributed by atoms with Crippen molar-refractivity contribution in [2.45, 2.75) is 0 Å². The van der Waals surface area contributed by atoms with Gasteiger partial charge in [0.2, 0.25) is 17.8 Å². The smallest absolute Gasteiger partial charge is 0.271 e. The highest BCUT2D eigenvalue weighted by atomic mass is 79.9. The van der Waals surface area contributed by atoms with Gasteiger partial charge in [0.15, 0.2) is 0 Å². The van der Waals surface area contributed by atoms with Crippen LogP contribution in [-0.4, -0.2) is 62.4 Å². The zero-order valence-electron chi connectivity index (χ0n) is 18.4. The van der Waals surface area contributed by atoms with Crippen molar-refractivity contribution in [3.05, 3.63) is 66.7 Å². The lowest BCUT2D eigenvalue weighted by Crippen LogP contribution is -2.37. The molecule has 16 heteroatoms. The van der Waals surface area contributed by atoms with Gasteiger partial charge in [0.05, 0.1) is 33.7 Å². The van der Waals surface area contributed by atoms with Gasteiger partial charge < -0.3 is 20.1 Å². The molecule has 2 heterocycles. The molecule has 1 aliphatic rings. The van der Waals surface area contributed by atoms with Crippen LogP contribution < -0.4 is 15.6 Å². The number of non-ortho nitro benzene ring substituents is 2. The van der Waals surface area contributed by atoms with Crippen LogP contribution >= 0.6 is 15.9 Å². The molecule has 0 aliphatic carbocycles. The standard InChI is InChI=1S/C20H18BrN9O6/c21-16-10-15(30(34)35)8-12(17(16)31)11-22-27-19-24-18(23-13-2-1-3-14(9-13)29(32)33)25-20(26-19)28-4-6-36-7-5-28/h1-3,8-11,31H,4-7H2,(H2,23,24,25,26,27)/b22-11+. The molecule has 3 aromatic rings. The second kappa shape index (κ2) is 10.9. The molecule has 0 atom stereocenters. The molecular weight excluding hydrogens is 542 g/mol. The van der Waals surface area contributed by atoms with Gasteiger partial charge in [-0.15, -0.1) is 0 Å². The highest BCUT2D eigenvalue weighted by molar-refractivity contribution is 9.10. The number of nitro benzene ring substituents is 2. The Bertz CT molecular complexity index is 1330. The van der Waals surface area contributed by atoms with E-state index in [4.69, 9.17) is 4.74 Å². The number of hydrazone groups is 1. The first-order chi connectivity index (χ1) is 17.3. The number of benzene rings is 2. The summed E-state index contributed by atoms with van der Waals surface area (Å²) in [5, 5.41) is 39.3. The van der Waals surface area contributed by atoms with Crippen molar-refractivity contribution in [1.29, 1.82) is 0 Å². The van der Waals surface area contributed by atoms with Crippen molar-refractivity contribution in [2.75, 3.05) is 41.9 Å². The Morgan fingerprint density at radius 2 is 1.78 bits per heavy atom. The third-order valence-electron chi connectivity index (χ3n) is 4.89. The Kier molecular flexibility index (Phi) is 7.45. The van der Waals surface area contributed by atoms with E-state index in [-0.39, 0.29) is 39.1 Å². The molecule has 0 bridgehead atoms. The average molecular weight is 560 g/mol. The van der Waals surface area contributed by atoms with Crippen molar-refractivity contribution in [1.82, 2.24) is 15.0 Å². The number of rotatable bonds is 8. The van der Waals surface area contributed by atoms with Gasteiger partial charge in [-0.25, -0.2) is 5.43 Å². The number of anilines is 4. The lowest BCUT2D eigenvalue weighted by atomic mass is 10.2. The van der Waals surface area contributed by atoms with E-state index in [2.05, 4.69) is 46.7 Å². The molecule has 36 heavy (non-hydrogen) atoms. The fourth-order valence-corrected chi connectivity index (χ4v) is 3.63. The molecule has 15 nitrogen and oxygen atoms in total. The highest BCUT2D eigenvalue weighted by Crippen LogP contribution is 2.31. The maximum atomic E-state index is 11.1. The van der Waals surface area contributed by atoms with E-state index in [0.29, 0.717) is 37.9 Å². The van der Waals surface area contributed by atoms with Crippen LogP contribution in [0.5, 0.6) is 5.75 Å². The van der Waals surface area contributed by atoms with Gasteiger partial charge in [-0.1, -0.05) is 6.07 Å². The van der Waals surface area contributed by atoms with E-state index >= 15 is 0 Å². The first-order valence-corrected chi connectivity index (χ1v) is 11.2. The molecule has 0 radical (unpaired) electrons. The molecule has 0 spiro atoms. The lowest BCUT2D eigenvalue weighted by molar-refractivity contribution is -0.385. The van der Waals surface area contributed by atoms with Crippen LogP contribution in [0.1, 0.15) is 5.56 Å². The topological polar surface area (TPSA) is 194 Å². The lowest BCUT2D eigenvalue weighted by Gasteiger charge is -2.27. The van der Waals surface area contributed by atoms with Crippen molar-refractivity contribution < 1.29 is 19.7 Å². The summed E-state index contributed by atoms with van der Waals surface area (Å²) < 4.78 is 5.50. The summed E-state index contributed by atoms with van der Waals surface area (Å²) in [5.41, 5.74) is 2.77. The minimum Gasteiger partial charge on any atom is -0.506 e. The summed E-state index contributed by atoms with van der Waals surface area (Å²) in [5.74, 6) is 0.217. The summed E-state index contributed by atoms with van der Waals surface area (Å²) in [6.45, 7) is 2.06. The number of phenolic OH excluding ortho intramolecular Hbond substituents is 1. The Morgan fingerprint density at radius 3 is 2.50 bits per heavy atom. The van der Waals surface area contributed by atoms with Crippen molar-refractivity contribution in [3.8, 4) is 5.75 Å².